The van der Waals surface area contributed by atoms with Crippen molar-refractivity contribution in [2.75, 3.05) is 13.2 Å². The van der Waals surface area contributed by atoms with Crippen LogP contribution in [0.15, 0.2) is 59.5 Å². The molecule has 5 nitrogen and oxygen atoms in total. The molecule has 0 spiro atoms. The van der Waals surface area contributed by atoms with Crippen LogP contribution in [-0.2, 0) is 30.4 Å². The first-order valence-corrected chi connectivity index (χ1v) is 9.19. The van der Waals surface area contributed by atoms with E-state index in [9.17, 15) is 8.42 Å². The highest BCUT2D eigenvalue weighted by Crippen LogP contribution is 2.25. The maximum absolute atomic E-state index is 12.1. The molecule has 3 rings (SSSR count). The summed E-state index contributed by atoms with van der Waals surface area (Å²) < 4.78 is 40.2. The first-order chi connectivity index (χ1) is 11.5. The lowest BCUT2D eigenvalue weighted by molar-refractivity contribution is 0.104. The lowest BCUT2D eigenvalue weighted by Gasteiger charge is -2.05. The number of rotatable bonds is 8. The molecule has 1 heterocycles. The van der Waals surface area contributed by atoms with E-state index in [2.05, 4.69) is 0 Å². The number of benzene rings is 2. The zero-order valence-electron chi connectivity index (χ0n) is 13.4. The maximum Gasteiger partial charge on any atom is 0.297 e. The molecule has 1 aliphatic heterocycles. The van der Waals surface area contributed by atoms with Crippen molar-refractivity contribution in [1.29, 1.82) is 0 Å². The fourth-order valence-corrected chi connectivity index (χ4v) is 3.19. The average Bonchev–Trinajstić information content (AvgIpc) is 3.33. The summed E-state index contributed by atoms with van der Waals surface area (Å²) in [5, 5.41) is 0. The van der Waals surface area contributed by atoms with Gasteiger partial charge in [-0.15, -0.1) is 0 Å². The van der Waals surface area contributed by atoms with Gasteiger partial charge in [-0.2, -0.15) is 8.42 Å². The van der Waals surface area contributed by atoms with E-state index in [-0.39, 0.29) is 23.7 Å². The van der Waals surface area contributed by atoms with Gasteiger partial charge in [0.05, 0.1) is 24.7 Å². The van der Waals surface area contributed by atoms with Crippen LogP contribution < -0.4 is 0 Å². The maximum atomic E-state index is 12.1. The van der Waals surface area contributed by atoms with Gasteiger partial charge in [-0.1, -0.05) is 48.0 Å². The van der Waals surface area contributed by atoms with Gasteiger partial charge in [-0.05, 0) is 24.6 Å². The van der Waals surface area contributed by atoms with Crippen LogP contribution in [0.25, 0.3) is 0 Å². The Balaban J connectivity index is 1.40. The normalized spacial score (nSPS) is 20.0. The molecule has 1 aliphatic rings. The lowest BCUT2D eigenvalue weighted by atomic mass is 10.2. The molecule has 0 unspecified atom stereocenters. The highest BCUT2D eigenvalue weighted by atomic mass is 32.2. The summed E-state index contributed by atoms with van der Waals surface area (Å²) in [6.07, 6.45) is -0.345. The van der Waals surface area contributed by atoms with Crippen molar-refractivity contribution in [3.05, 3.63) is 65.7 Å². The Labute approximate surface area is 142 Å². The van der Waals surface area contributed by atoms with Crippen LogP contribution in [0.2, 0.25) is 0 Å². The van der Waals surface area contributed by atoms with Crippen molar-refractivity contribution in [3.8, 4) is 0 Å². The van der Waals surface area contributed by atoms with Crippen molar-refractivity contribution in [2.24, 2.45) is 0 Å². The molecule has 2 aromatic rings. The van der Waals surface area contributed by atoms with Gasteiger partial charge in [-0.25, -0.2) is 0 Å². The fourth-order valence-electron chi connectivity index (χ4n) is 2.27. The Morgan fingerprint density at radius 2 is 1.62 bits per heavy atom. The molecule has 6 heteroatoms. The number of hydrogen-bond acceptors (Lipinski definition) is 5. The summed E-state index contributed by atoms with van der Waals surface area (Å²) in [5.74, 6) is 0. The third-order valence-corrected chi connectivity index (χ3v) is 5.07. The van der Waals surface area contributed by atoms with Crippen LogP contribution in [0.1, 0.15) is 11.1 Å². The molecule has 0 radical (unpaired) electrons. The predicted octanol–water partition coefficient (Wildman–Crippen LogP) is 2.68. The van der Waals surface area contributed by atoms with Gasteiger partial charge in [0, 0.05) is 0 Å². The third kappa shape index (κ3) is 4.64. The second kappa shape index (κ2) is 7.44. The van der Waals surface area contributed by atoms with Crippen molar-refractivity contribution in [1.82, 2.24) is 0 Å². The van der Waals surface area contributed by atoms with E-state index < -0.39 is 10.1 Å². The first kappa shape index (κ1) is 17.1. The molecular weight excluding hydrogens is 328 g/mol. The monoisotopic (exact) mass is 348 g/mol. The van der Waals surface area contributed by atoms with Crippen LogP contribution in [0.4, 0.5) is 0 Å². The molecule has 0 aromatic heterocycles. The number of aryl methyl sites for hydroxylation is 1. The van der Waals surface area contributed by atoms with Crippen molar-refractivity contribution in [3.63, 3.8) is 0 Å². The first-order valence-electron chi connectivity index (χ1n) is 7.78. The minimum atomic E-state index is -3.74. The smallest absolute Gasteiger partial charge is 0.297 e. The number of hydrogen-bond donors (Lipinski definition) is 0. The Morgan fingerprint density at radius 1 is 0.958 bits per heavy atom. The molecule has 0 N–H and O–H groups in total. The molecule has 0 saturated carbocycles. The minimum Gasteiger partial charge on any atom is -0.374 e. The average molecular weight is 348 g/mol. The van der Waals surface area contributed by atoms with Crippen molar-refractivity contribution in [2.45, 2.75) is 30.6 Å². The van der Waals surface area contributed by atoms with Crippen LogP contribution >= 0.6 is 0 Å². The Kier molecular flexibility index (Phi) is 5.30. The Bertz CT molecular complexity index is 756. The highest BCUT2D eigenvalue weighted by Gasteiger charge is 2.40. The summed E-state index contributed by atoms with van der Waals surface area (Å²) in [4.78, 5) is 0.158. The molecule has 1 fully saturated rings. The van der Waals surface area contributed by atoms with Gasteiger partial charge in [0.25, 0.3) is 10.1 Å². The summed E-state index contributed by atoms with van der Waals surface area (Å²) in [5.41, 5.74) is 2.09. The standard InChI is InChI=1S/C18H20O5S/c1-14-7-9-16(10-8-14)24(19,20)22-13-18-17(23-18)12-21-11-15-5-3-2-4-6-15/h2-10,17-18H,11-13H2,1H3/t17-,18-/m1/s1. The van der Waals surface area contributed by atoms with E-state index in [4.69, 9.17) is 13.7 Å². The molecule has 2 atom stereocenters. The van der Waals surface area contributed by atoms with Gasteiger partial charge in [0.15, 0.2) is 0 Å². The number of epoxide rings is 1. The third-order valence-electron chi connectivity index (χ3n) is 3.78. The summed E-state index contributed by atoms with van der Waals surface area (Å²) in [7, 11) is -3.74. The molecule has 24 heavy (non-hydrogen) atoms. The van der Waals surface area contributed by atoms with Crippen LogP contribution in [-0.4, -0.2) is 33.8 Å². The van der Waals surface area contributed by atoms with Gasteiger partial charge in [-0.3, -0.25) is 4.18 Å². The fraction of sp³-hybridized carbons (Fsp3) is 0.333. The van der Waals surface area contributed by atoms with E-state index in [0.29, 0.717) is 13.2 Å². The minimum absolute atomic E-state index is 0.00950. The molecule has 128 valence electrons. The van der Waals surface area contributed by atoms with E-state index in [1.807, 2.05) is 37.3 Å². The Hall–Kier alpha value is -1.73. The van der Waals surface area contributed by atoms with Gasteiger partial charge in [0.2, 0.25) is 0 Å². The molecule has 2 aromatic carbocycles. The van der Waals surface area contributed by atoms with Crippen LogP contribution in [0.5, 0.6) is 0 Å². The largest absolute Gasteiger partial charge is 0.374 e. The lowest BCUT2D eigenvalue weighted by Crippen LogP contribution is -2.14. The molecule has 1 saturated heterocycles. The zero-order chi connectivity index (χ0) is 17.0. The van der Waals surface area contributed by atoms with E-state index in [1.54, 1.807) is 24.3 Å². The number of ether oxygens (including phenoxy) is 2. The molecular formula is C18H20O5S. The summed E-state index contributed by atoms with van der Waals surface area (Å²) in [6, 6.07) is 16.4. The topological polar surface area (TPSA) is 65.1 Å². The van der Waals surface area contributed by atoms with Crippen LogP contribution in [0, 0.1) is 6.92 Å². The van der Waals surface area contributed by atoms with Gasteiger partial charge < -0.3 is 9.47 Å². The molecule has 0 amide bonds. The second-order valence-electron chi connectivity index (χ2n) is 5.77. The SMILES string of the molecule is Cc1ccc(S(=O)(=O)OC[C@H]2O[C@@H]2COCc2ccccc2)cc1. The van der Waals surface area contributed by atoms with Gasteiger partial charge in [0.1, 0.15) is 12.2 Å². The van der Waals surface area contributed by atoms with Gasteiger partial charge >= 0.3 is 0 Å². The van der Waals surface area contributed by atoms with Crippen molar-refractivity contribution < 1.29 is 22.1 Å². The van der Waals surface area contributed by atoms with E-state index in [1.165, 1.54) is 0 Å². The Morgan fingerprint density at radius 3 is 2.33 bits per heavy atom. The molecule has 0 bridgehead atoms. The zero-order valence-corrected chi connectivity index (χ0v) is 14.2. The molecule has 0 aliphatic carbocycles. The highest BCUT2D eigenvalue weighted by molar-refractivity contribution is 7.86. The predicted molar refractivity (Wildman–Crippen MR) is 89.1 cm³/mol. The van der Waals surface area contributed by atoms with Crippen molar-refractivity contribution >= 4 is 10.1 Å². The quantitative estimate of drug-likeness (QED) is 0.542. The second-order valence-corrected chi connectivity index (χ2v) is 7.38. The van der Waals surface area contributed by atoms with Crippen LogP contribution in [0.3, 0.4) is 0 Å². The van der Waals surface area contributed by atoms with E-state index in [0.717, 1.165) is 11.1 Å². The summed E-state index contributed by atoms with van der Waals surface area (Å²) in [6.45, 7) is 2.84. The summed E-state index contributed by atoms with van der Waals surface area (Å²) >= 11 is 0. The van der Waals surface area contributed by atoms with E-state index >= 15 is 0 Å².